The van der Waals surface area contributed by atoms with E-state index in [1.807, 2.05) is 23.1 Å². The third-order valence-electron chi connectivity index (χ3n) is 6.30. The summed E-state index contributed by atoms with van der Waals surface area (Å²) in [5, 5.41) is 2.89. The van der Waals surface area contributed by atoms with Crippen LogP contribution in [0.15, 0.2) is 42.5 Å². The SMILES string of the molecule is CN1CCC(N(C(=O)C2CCC2)c2cccc(NC(=O)c3ccc(F)cc3Cl)c2)CC1. The minimum Gasteiger partial charge on any atom is -0.322 e. The van der Waals surface area contributed by atoms with Crippen LogP contribution in [0.5, 0.6) is 0 Å². The van der Waals surface area contributed by atoms with E-state index < -0.39 is 11.7 Å². The smallest absolute Gasteiger partial charge is 0.257 e. The van der Waals surface area contributed by atoms with Gasteiger partial charge in [-0.05, 0) is 82.2 Å². The summed E-state index contributed by atoms with van der Waals surface area (Å²) in [4.78, 5) is 30.2. The van der Waals surface area contributed by atoms with Crippen molar-refractivity contribution in [3.05, 3.63) is 58.9 Å². The standard InChI is InChI=1S/C24H27ClFN3O2/c1-28-12-10-19(11-13-28)29(24(31)16-4-2-5-16)20-7-3-6-18(15-20)27-23(30)21-9-8-17(26)14-22(21)25/h3,6-9,14-16,19H,2,4-5,10-13H2,1H3,(H,27,30). The number of hydrogen-bond donors (Lipinski definition) is 1. The Hall–Kier alpha value is -2.44. The van der Waals surface area contributed by atoms with Crippen LogP contribution in [0.3, 0.4) is 0 Å². The molecule has 0 spiro atoms. The molecule has 1 saturated heterocycles. The number of carbonyl (C=O) groups is 2. The van der Waals surface area contributed by atoms with Crippen molar-refractivity contribution in [1.82, 2.24) is 4.90 Å². The normalized spacial score (nSPS) is 17.8. The highest BCUT2D eigenvalue weighted by molar-refractivity contribution is 6.34. The van der Waals surface area contributed by atoms with E-state index in [2.05, 4.69) is 17.3 Å². The van der Waals surface area contributed by atoms with Crippen molar-refractivity contribution in [2.24, 2.45) is 5.92 Å². The second-order valence-corrected chi connectivity index (χ2v) is 8.91. The van der Waals surface area contributed by atoms with Gasteiger partial charge in [0, 0.05) is 23.3 Å². The van der Waals surface area contributed by atoms with Gasteiger partial charge in [-0.1, -0.05) is 24.1 Å². The van der Waals surface area contributed by atoms with E-state index in [-0.39, 0.29) is 28.5 Å². The van der Waals surface area contributed by atoms with Crippen LogP contribution in [-0.2, 0) is 4.79 Å². The topological polar surface area (TPSA) is 52.6 Å². The van der Waals surface area contributed by atoms with Crippen LogP contribution in [0.25, 0.3) is 0 Å². The van der Waals surface area contributed by atoms with Crippen LogP contribution in [0.4, 0.5) is 15.8 Å². The van der Waals surface area contributed by atoms with Crippen molar-refractivity contribution in [2.45, 2.75) is 38.1 Å². The minimum absolute atomic E-state index is 0.0572. The van der Waals surface area contributed by atoms with Crippen molar-refractivity contribution in [2.75, 3.05) is 30.4 Å². The zero-order chi connectivity index (χ0) is 22.0. The lowest BCUT2D eigenvalue weighted by Crippen LogP contribution is -2.49. The summed E-state index contributed by atoms with van der Waals surface area (Å²) in [6, 6.07) is 11.2. The molecule has 1 aliphatic heterocycles. The number of carbonyl (C=O) groups excluding carboxylic acids is 2. The van der Waals surface area contributed by atoms with E-state index in [1.54, 1.807) is 6.07 Å². The van der Waals surface area contributed by atoms with Gasteiger partial charge in [0.15, 0.2) is 0 Å². The summed E-state index contributed by atoms with van der Waals surface area (Å²) in [5.74, 6) is -0.632. The molecule has 0 atom stereocenters. The Morgan fingerprint density at radius 1 is 1.10 bits per heavy atom. The molecule has 0 unspecified atom stereocenters. The van der Waals surface area contributed by atoms with Gasteiger partial charge in [-0.15, -0.1) is 0 Å². The van der Waals surface area contributed by atoms with Crippen LogP contribution >= 0.6 is 11.6 Å². The molecule has 7 heteroatoms. The van der Waals surface area contributed by atoms with E-state index in [0.717, 1.165) is 56.9 Å². The van der Waals surface area contributed by atoms with Gasteiger partial charge in [-0.25, -0.2) is 4.39 Å². The summed E-state index contributed by atoms with van der Waals surface area (Å²) in [5.41, 5.74) is 1.57. The van der Waals surface area contributed by atoms with Gasteiger partial charge >= 0.3 is 0 Å². The number of likely N-dealkylation sites (tertiary alicyclic amines) is 1. The Labute approximate surface area is 187 Å². The zero-order valence-electron chi connectivity index (χ0n) is 17.6. The molecule has 31 heavy (non-hydrogen) atoms. The average molecular weight is 444 g/mol. The molecule has 2 aliphatic rings. The molecular weight excluding hydrogens is 417 g/mol. The quantitative estimate of drug-likeness (QED) is 0.710. The number of anilines is 2. The largest absolute Gasteiger partial charge is 0.322 e. The maximum atomic E-state index is 13.3. The molecule has 0 radical (unpaired) electrons. The molecule has 164 valence electrons. The second-order valence-electron chi connectivity index (χ2n) is 8.50. The van der Waals surface area contributed by atoms with Gasteiger partial charge in [0.25, 0.3) is 5.91 Å². The van der Waals surface area contributed by atoms with E-state index in [0.29, 0.717) is 5.69 Å². The second kappa shape index (κ2) is 9.37. The number of nitrogens with one attached hydrogen (secondary N) is 1. The lowest BCUT2D eigenvalue weighted by atomic mass is 9.83. The number of amides is 2. The monoisotopic (exact) mass is 443 g/mol. The summed E-state index contributed by atoms with van der Waals surface area (Å²) >= 11 is 6.03. The zero-order valence-corrected chi connectivity index (χ0v) is 18.4. The van der Waals surface area contributed by atoms with Crippen LogP contribution in [0.1, 0.15) is 42.5 Å². The Morgan fingerprint density at radius 2 is 1.84 bits per heavy atom. The first kappa shape index (κ1) is 21.8. The molecule has 4 rings (SSSR count). The third kappa shape index (κ3) is 4.91. The maximum Gasteiger partial charge on any atom is 0.257 e. The Morgan fingerprint density at radius 3 is 2.48 bits per heavy atom. The molecule has 1 N–H and O–H groups in total. The van der Waals surface area contributed by atoms with Crippen molar-refractivity contribution in [1.29, 1.82) is 0 Å². The maximum absolute atomic E-state index is 13.3. The number of benzene rings is 2. The van der Waals surface area contributed by atoms with Crippen molar-refractivity contribution in [3.8, 4) is 0 Å². The van der Waals surface area contributed by atoms with Crippen LogP contribution in [0, 0.1) is 11.7 Å². The lowest BCUT2D eigenvalue weighted by Gasteiger charge is -2.40. The van der Waals surface area contributed by atoms with Crippen LogP contribution in [-0.4, -0.2) is 42.9 Å². The minimum atomic E-state index is -0.494. The van der Waals surface area contributed by atoms with Crippen LogP contribution < -0.4 is 10.2 Å². The predicted molar refractivity (Wildman–Crippen MR) is 121 cm³/mol. The molecule has 2 fully saturated rings. The molecular formula is C24H27ClFN3O2. The molecule has 0 aromatic heterocycles. The summed E-state index contributed by atoms with van der Waals surface area (Å²) in [6.07, 6.45) is 4.85. The molecule has 2 aromatic carbocycles. The first-order chi connectivity index (χ1) is 14.9. The molecule has 5 nitrogen and oxygen atoms in total. The molecule has 1 saturated carbocycles. The van der Waals surface area contributed by atoms with Gasteiger partial charge in [-0.3, -0.25) is 9.59 Å². The average Bonchev–Trinajstić information content (AvgIpc) is 2.68. The highest BCUT2D eigenvalue weighted by atomic mass is 35.5. The highest BCUT2D eigenvalue weighted by Gasteiger charge is 2.35. The molecule has 2 amide bonds. The highest BCUT2D eigenvalue weighted by Crippen LogP contribution is 2.34. The Kier molecular flexibility index (Phi) is 6.58. The van der Waals surface area contributed by atoms with E-state index in [9.17, 15) is 14.0 Å². The number of nitrogens with zero attached hydrogens (tertiary/aromatic N) is 2. The van der Waals surface area contributed by atoms with E-state index >= 15 is 0 Å². The van der Waals surface area contributed by atoms with Gasteiger partial charge in [0.05, 0.1) is 10.6 Å². The van der Waals surface area contributed by atoms with E-state index in [1.165, 1.54) is 12.1 Å². The fraction of sp³-hybridized carbons (Fsp3) is 0.417. The van der Waals surface area contributed by atoms with Gasteiger partial charge < -0.3 is 15.1 Å². The van der Waals surface area contributed by atoms with Gasteiger partial charge in [0.2, 0.25) is 5.91 Å². The van der Waals surface area contributed by atoms with Gasteiger partial charge in [0.1, 0.15) is 5.82 Å². The van der Waals surface area contributed by atoms with E-state index in [4.69, 9.17) is 11.6 Å². The summed E-state index contributed by atoms with van der Waals surface area (Å²) < 4.78 is 13.3. The fourth-order valence-electron chi connectivity index (χ4n) is 4.23. The molecule has 1 aliphatic carbocycles. The van der Waals surface area contributed by atoms with Crippen molar-refractivity contribution >= 4 is 34.8 Å². The number of halogens is 2. The van der Waals surface area contributed by atoms with Crippen molar-refractivity contribution < 1.29 is 14.0 Å². The number of rotatable bonds is 5. The fourth-order valence-corrected chi connectivity index (χ4v) is 4.48. The van der Waals surface area contributed by atoms with Crippen molar-refractivity contribution in [3.63, 3.8) is 0 Å². The molecule has 1 heterocycles. The number of piperidine rings is 1. The first-order valence-electron chi connectivity index (χ1n) is 10.8. The first-order valence-corrected chi connectivity index (χ1v) is 11.2. The third-order valence-corrected chi connectivity index (χ3v) is 6.62. The van der Waals surface area contributed by atoms with Gasteiger partial charge in [-0.2, -0.15) is 0 Å². The molecule has 2 aromatic rings. The molecule has 0 bridgehead atoms. The Balaban J connectivity index is 1.57. The van der Waals surface area contributed by atoms with Crippen LogP contribution in [0.2, 0.25) is 5.02 Å². The number of hydrogen-bond acceptors (Lipinski definition) is 3. The summed E-state index contributed by atoms with van der Waals surface area (Å²) in [6.45, 7) is 1.91. The Bertz CT molecular complexity index is 971. The summed E-state index contributed by atoms with van der Waals surface area (Å²) in [7, 11) is 2.10. The predicted octanol–water partition coefficient (Wildman–Crippen LogP) is 4.96. The lowest BCUT2D eigenvalue weighted by molar-refractivity contribution is -0.125.